The Balaban J connectivity index is 2.20. The molecule has 0 spiro atoms. The van der Waals surface area contributed by atoms with Crippen LogP contribution in [-0.4, -0.2) is 5.91 Å². The molecule has 1 N–H and O–H groups in total. The number of rotatable bonds is 4. The molecule has 0 aliphatic heterocycles. The molecule has 0 fully saturated rings. The fourth-order valence-corrected chi connectivity index (χ4v) is 2.82. The van der Waals surface area contributed by atoms with Crippen molar-refractivity contribution in [3.05, 3.63) is 68.1 Å². The number of carbonyl (C=O) groups excluding carboxylic acids is 1. The zero-order valence-electron chi connectivity index (χ0n) is 12.0. The second kappa shape index (κ2) is 7.23. The Morgan fingerprint density at radius 3 is 2.33 bits per heavy atom. The van der Waals surface area contributed by atoms with Gasteiger partial charge in [-0.25, -0.2) is 0 Å². The highest BCUT2D eigenvalue weighted by Gasteiger charge is 2.15. The van der Waals surface area contributed by atoms with Crippen molar-refractivity contribution in [2.24, 2.45) is 0 Å². The smallest absolute Gasteiger partial charge is 0.252 e. The van der Waals surface area contributed by atoms with Crippen LogP contribution in [0, 0.1) is 6.92 Å². The lowest BCUT2D eigenvalue weighted by molar-refractivity contribution is 0.0935. The van der Waals surface area contributed by atoms with Gasteiger partial charge in [-0.15, -0.1) is 0 Å². The van der Waals surface area contributed by atoms with E-state index in [0.29, 0.717) is 5.56 Å². The minimum Gasteiger partial charge on any atom is -0.345 e. The molecule has 0 aromatic heterocycles. The van der Waals surface area contributed by atoms with Gasteiger partial charge in [0, 0.05) is 14.5 Å². The number of carbonyl (C=O) groups is 1. The second-order valence-corrected chi connectivity index (χ2v) is 6.78. The lowest BCUT2D eigenvalue weighted by Crippen LogP contribution is -2.28. The third kappa shape index (κ3) is 4.17. The van der Waals surface area contributed by atoms with Gasteiger partial charge in [0.15, 0.2) is 0 Å². The first kappa shape index (κ1) is 16.2. The third-order valence-electron chi connectivity index (χ3n) is 3.43. The average molecular weight is 411 g/mol. The molecule has 4 heteroatoms. The Hall–Kier alpha value is -1.13. The van der Waals surface area contributed by atoms with Gasteiger partial charge < -0.3 is 5.32 Å². The highest BCUT2D eigenvalue weighted by Crippen LogP contribution is 2.21. The Kier molecular flexibility index (Phi) is 5.59. The molecule has 2 rings (SSSR count). The van der Waals surface area contributed by atoms with Crippen molar-refractivity contribution in [1.29, 1.82) is 0 Å². The van der Waals surface area contributed by atoms with E-state index in [0.717, 1.165) is 26.5 Å². The van der Waals surface area contributed by atoms with Gasteiger partial charge in [-0.05, 0) is 48.7 Å². The van der Waals surface area contributed by atoms with Gasteiger partial charge >= 0.3 is 0 Å². The quantitative estimate of drug-likeness (QED) is 0.717. The summed E-state index contributed by atoms with van der Waals surface area (Å²) in [6, 6.07) is 13.8. The van der Waals surface area contributed by atoms with Crippen molar-refractivity contribution in [2.75, 3.05) is 0 Å². The molecule has 0 heterocycles. The molecule has 110 valence electrons. The predicted molar refractivity (Wildman–Crippen MR) is 93.5 cm³/mol. The van der Waals surface area contributed by atoms with Crippen molar-refractivity contribution >= 4 is 37.8 Å². The first-order chi connectivity index (χ1) is 10.0. The average Bonchev–Trinajstić information content (AvgIpc) is 2.48. The molecule has 1 amide bonds. The number of amides is 1. The van der Waals surface area contributed by atoms with Crippen LogP contribution in [0.5, 0.6) is 0 Å². The van der Waals surface area contributed by atoms with E-state index >= 15 is 0 Å². The van der Waals surface area contributed by atoms with Crippen molar-refractivity contribution in [3.8, 4) is 0 Å². The zero-order valence-corrected chi connectivity index (χ0v) is 15.2. The molecule has 0 radical (unpaired) electrons. The number of nitrogens with one attached hydrogen (secondary N) is 1. The van der Waals surface area contributed by atoms with Gasteiger partial charge in [0.05, 0.1) is 6.04 Å². The van der Waals surface area contributed by atoms with E-state index in [1.54, 1.807) is 0 Å². The number of hydrogen-bond donors (Lipinski definition) is 1. The van der Waals surface area contributed by atoms with E-state index in [-0.39, 0.29) is 11.9 Å². The maximum absolute atomic E-state index is 12.5. The molecule has 1 unspecified atom stereocenters. The van der Waals surface area contributed by atoms with Gasteiger partial charge in [0.2, 0.25) is 0 Å². The van der Waals surface area contributed by atoms with Gasteiger partial charge in [-0.3, -0.25) is 4.79 Å². The lowest BCUT2D eigenvalue weighted by atomic mass is 10.0. The monoisotopic (exact) mass is 409 g/mol. The fourth-order valence-electron chi connectivity index (χ4n) is 2.19. The largest absolute Gasteiger partial charge is 0.345 e. The molecule has 2 nitrogen and oxygen atoms in total. The first-order valence-electron chi connectivity index (χ1n) is 6.83. The second-order valence-electron chi connectivity index (χ2n) is 4.95. The van der Waals surface area contributed by atoms with E-state index < -0.39 is 0 Å². The third-order valence-corrected chi connectivity index (χ3v) is 4.45. The summed E-state index contributed by atoms with van der Waals surface area (Å²) >= 11 is 6.84. The molecular formula is C17H17Br2NO. The highest BCUT2D eigenvalue weighted by molar-refractivity contribution is 9.10. The Morgan fingerprint density at radius 1 is 1.10 bits per heavy atom. The molecule has 0 saturated heterocycles. The van der Waals surface area contributed by atoms with E-state index in [4.69, 9.17) is 0 Å². The fraction of sp³-hybridized carbons (Fsp3) is 0.235. The van der Waals surface area contributed by atoms with Crippen molar-refractivity contribution in [3.63, 3.8) is 0 Å². The summed E-state index contributed by atoms with van der Waals surface area (Å²) in [7, 11) is 0. The predicted octanol–water partition coefficient (Wildman–Crippen LogP) is 5.40. The van der Waals surface area contributed by atoms with E-state index in [2.05, 4.69) is 44.1 Å². The summed E-state index contributed by atoms with van der Waals surface area (Å²) in [5, 5.41) is 3.11. The zero-order chi connectivity index (χ0) is 15.4. The van der Waals surface area contributed by atoms with Crippen LogP contribution >= 0.6 is 31.9 Å². The molecule has 2 aromatic carbocycles. The van der Waals surface area contributed by atoms with Gasteiger partial charge in [-0.1, -0.05) is 57.0 Å². The van der Waals surface area contributed by atoms with Crippen molar-refractivity contribution < 1.29 is 4.79 Å². The minimum absolute atomic E-state index is 0.0176. The summed E-state index contributed by atoms with van der Waals surface area (Å²) in [4.78, 5) is 12.5. The maximum Gasteiger partial charge on any atom is 0.252 e. The topological polar surface area (TPSA) is 29.1 Å². The van der Waals surface area contributed by atoms with Crippen LogP contribution in [0.1, 0.15) is 40.9 Å². The molecule has 1 atom stereocenters. The van der Waals surface area contributed by atoms with E-state index in [1.807, 2.05) is 49.4 Å². The number of halogens is 2. The molecule has 0 saturated carbocycles. The molecule has 0 bridgehead atoms. The van der Waals surface area contributed by atoms with Crippen LogP contribution in [-0.2, 0) is 0 Å². The SMILES string of the molecule is CCC(NC(=O)c1cc(Br)ccc1C)c1ccc(Br)cc1. The number of benzene rings is 2. The van der Waals surface area contributed by atoms with Crippen LogP contribution in [0.3, 0.4) is 0 Å². The maximum atomic E-state index is 12.5. The molecule has 21 heavy (non-hydrogen) atoms. The number of aryl methyl sites for hydroxylation is 1. The van der Waals surface area contributed by atoms with Crippen LogP contribution in [0.2, 0.25) is 0 Å². The van der Waals surface area contributed by atoms with E-state index in [9.17, 15) is 4.79 Å². The normalized spacial score (nSPS) is 12.0. The molecule has 0 aliphatic carbocycles. The van der Waals surface area contributed by atoms with Crippen molar-refractivity contribution in [1.82, 2.24) is 5.32 Å². The molecular weight excluding hydrogens is 394 g/mol. The summed E-state index contributed by atoms with van der Waals surface area (Å²) in [5.74, 6) is -0.0384. The Morgan fingerprint density at radius 2 is 1.71 bits per heavy atom. The van der Waals surface area contributed by atoms with Gasteiger partial charge in [-0.2, -0.15) is 0 Å². The standard InChI is InChI=1S/C17H17Br2NO/c1-3-16(12-5-8-13(18)9-6-12)20-17(21)15-10-14(19)7-4-11(15)2/h4-10,16H,3H2,1-2H3,(H,20,21). The van der Waals surface area contributed by atoms with Gasteiger partial charge in [0.25, 0.3) is 5.91 Å². The number of hydrogen-bond acceptors (Lipinski definition) is 1. The van der Waals surface area contributed by atoms with Crippen LogP contribution < -0.4 is 5.32 Å². The summed E-state index contributed by atoms with van der Waals surface area (Å²) < 4.78 is 1.95. The minimum atomic E-state index is -0.0384. The Labute approximate surface area is 142 Å². The van der Waals surface area contributed by atoms with Gasteiger partial charge in [0.1, 0.15) is 0 Å². The summed E-state index contributed by atoms with van der Waals surface area (Å²) in [6.07, 6.45) is 0.848. The highest BCUT2D eigenvalue weighted by atomic mass is 79.9. The Bertz CT molecular complexity index is 638. The summed E-state index contributed by atoms with van der Waals surface area (Å²) in [6.45, 7) is 4.02. The lowest BCUT2D eigenvalue weighted by Gasteiger charge is -2.18. The first-order valence-corrected chi connectivity index (χ1v) is 8.42. The van der Waals surface area contributed by atoms with Crippen LogP contribution in [0.25, 0.3) is 0 Å². The van der Waals surface area contributed by atoms with Crippen molar-refractivity contribution in [2.45, 2.75) is 26.3 Å². The van der Waals surface area contributed by atoms with E-state index in [1.165, 1.54) is 0 Å². The van der Waals surface area contributed by atoms with Crippen LogP contribution in [0.15, 0.2) is 51.4 Å². The summed E-state index contributed by atoms with van der Waals surface area (Å²) in [5.41, 5.74) is 2.79. The molecule has 2 aromatic rings. The molecule has 0 aliphatic rings. The van der Waals surface area contributed by atoms with Crippen LogP contribution in [0.4, 0.5) is 0 Å².